The van der Waals surface area contributed by atoms with Gasteiger partial charge in [-0.1, -0.05) is 0 Å². The first-order chi connectivity index (χ1) is 5.38. The van der Waals surface area contributed by atoms with Crippen LogP contribution in [0.3, 0.4) is 0 Å². The number of carbonyl (C=O) groups is 1. The molecule has 0 aliphatic rings. The average molecular weight is 172 g/mol. The van der Waals surface area contributed by atoms with E-state index in [2.05, 4.69) is 5.32 Å². The van der Waals surface area contributed by atoms with Crippen LogP contribution in [-0.4, -0.2) is 17.6 Å². The van der Waals surface area contributed by atoms with Crippen LogP contribution in [-0.2, 0) is 4.79 Å². The first-order valence-electron chi connectivity index (χ1n) is 3.74. The Kier molecular flexibility index (Phi) is 3.68. The van der Waals surface area contributed by atoms with Gasteiger partial charge in [0.1, 0.15) is 0 Å². The van der Waals surface area contributed by atoms with Gasteiger partial charge in [-0.2, -0.15) is 5.26 Å². The van der Waals surface area contributed by atoms with Crippen molar-refractivity contribution < 1.29 is 9.18 Å². The number of carbonyl (C=O) groups excluding carboxylic acids is 1. The largest absolute Gasteiger partial charge is 0.350 e. The van der Waals surface area contributed by atoms with Gasteiger partial charge >= 0.3 is 0 Å². The van der Waals surface area contributed by atoms with Crippen molar-refractivity contribution in [3.63, 3.8) is 0 Å². The maximum Gasteiger partial charge on any atom is 0.257 e. The van der Waals surface area contributed by atoms with Crippen molar-refractivity contribution in [2.75, 3.05) is 0 Å². The van der Waals surface area contributed by atoms with Gasteiger partial charge in [-0.3, -0.25) is 4.79 Å². The Labute approximate surface area is 71.6 Å². The van der Waals surface area contributed by atoms with Crippen LogP contribution in [0.15, 0.2) is 0 Å². The van der Waals surface area contributed by atoms with Crippen LogP contribution in [0, 0.1) is 11.3 Å². The van der Waals surface area contributed by atoms with Gasteiger partial charge in [0.05, 0.1) is 12.5 Å². The average Bonchev–Trinajstić information content (AvgIpc) is 1.85. The molecule has 0 aromatic heterocycles. The molecule has 1 atom stereocenters. The van der Waals surface area contributed by atoms with Crippen LogP contribution in [0.25, 0.3) is 0 Å². The van der Waals surface area contributed by atoms with Crippen LogP contribution < -0.4 is 5.32 Å². The quantitative estimate of drug-likeness (QED) is 0.694. The van der Waals surface area contributed by atoms with Crippen LogP contribution in [0.5, 0.6) is 0 Å². The maximum absolute atomic E-state index is 12.9. The fourth-order valence-electron chi connectivity index (χ4n) is 0.583. The van der Waals surface area contributed by atoms with Crippen molar-refractivity contribution in [2.24, 2.45) is 0 Å². The summed E-state index contributed by atoms with van der Waals surface area (Å²) in [5.74, 6) is -0.676. The van der Waals surface area contributed by atoms with Gasteiger partial charge in [-0.25, -0.2) is 4.39 Å². The first-order valence-corrected chi connectivity index (χ1v) is 3.74. The predicted octanol–water partition coefficient (Wildman–Crippen LogP) is 1.15. The normalized spacial score (nSPS) is 13.2. The second-order valence-corrected chi connectivity index (χ2v) is 3.21. The molecular weight excluding hydrogens is 159 g/mol. The van der Waals surface area contributed by atoms with E-state index in [4.69, 9.17) is 5.26 Å². The summed E-state index contributed by atoms with van der Waals surface area (Å²) in [6.45, 7) is 4.02. The summed E-state index contributed by atoms with van der Waals surface area (Å²) in [5, 5.41) is 10.6. The van der Waals surface area contributed by atoms with Crippen molar-refractivity contribution in [3.8, 4) is 6.07 Å². The zero-order chi connectivity index (χ0) is 9.78. The molecule has 0 spiro atoms. The molecule has 0 rings (SSSR count). The molecule has 0 bridgehead atoms. The number of nitrogens with zero attached hydrogens (tertiary/aromatic N) is 1. The summed E-state index contributed by atoms with van der Waals surface area (Å²) in [6, 6.07) is 1.59. The maximum atomic E-state index is 12.9. The third kappa shape index (κ3) is 3.91. The van der Waals surface area contributed by atoms with Crippen molar-refractivity contribution in [2.45, 2.75) is 38.9 Å². The molecule has 0 heterocycles. The SMILES string of the molecule is CC(CC#N)NC(=O)C(C)(C)F. The number of alkyl halides is 1. The van der Waals surface area contributed by atoms with Gasteiger partial charge in [0.15, 0.2) is 5.67 Å². The molecule has 1 unspecified atom stereocenters. The van der Waals surface area contributed by atoms with E-state index >= 15 is 0 Å². The summed E-state index contributed by atoms with van der Waals surface area (Å²) in [4.78, 5) is 11.0. The predicted molar refractivity (Wildman–Crippen MR) is 43.0 cm³/mol. The number of amides is 1. The summed E-state index contributed by atoms with van der Waals surface area (Å²) >= 11 is 0. The van der Waals surface area contributed by atoms with Gasteiger partial charge in [0.25, 0.3) is 5.91 Å². The molecule has 0 aliphatic carbocycles. The summed E-state index contributed by atoms with van der Waals surface area (Å²) < 4.78 is 12.9. The lowest BCUT2D eigenvalue weighted by molar-refractivity contribution is -0.131. The molecule has 12 heavy (non-hydrogen) atoms. The molecule has 1 N–H and O–H groups in total. The monoisotopic (exact) mass is 172 g/mol. The number of nitriles is 1. The Morgan fingerprint density at radius 2 is 2.25 bits per heavy atom. The number of rotatable bonds is 3. The van der Waals surface area contributed by atoms with E-state index in [0.717, 1.165) is 0 Å². The Morgan fingerprint density at radius 3 is 2.58 bits per heavy atom. The fourth-order valence-corrected chi connectivity index (χ4v) is 0.583. The van der Waals surface area contributed by atoms with Crippen molar-refractivity contribution >= 4 is 5.91 Å². The molecule has 0 aromatic carbocycles. The Bertz CT molecular complexity index is 202. The van der Waals surface area contributed by atoms with Crippen LogP contribution in [0.1, 0.15) is 27.2 Å². The van der Waals surface area contributed by atoms with Crippen LogP contribution in [0.4, 0.5) is 4.39 Å². The van der Waals surface area contributed by atoms with E-state index in [-0.39, 0.29) is 12.5 Å². The number of hydrogen-bond donors (Lipinski definition) is 1. The minimum absolute atomic E-state index is 0.196. The van der Waals surface area contributed by atoms with E-state index < -0.39 is 11.6 Å². The van der Waals surface area contributed by atoms with Gasteiger partial charge in [-0.05, 0) is 20.8 Å². The standard InChI is InChI=1S/C8H13FN2O/c1-6(4-5-10)11-7(12)8(2,3)9/h6H,4H2,1-3H3,(H,11,12). The van der Waals surface area contributed by atoms with Crippen LogP contribution >= 0.6 is 0 Å². The van der Waals surface area contributed by atoms with Gasteiger partial charge < -0.3 is 5.32 Å². The second-order valence-electron chi connectivity index (χ2n) is 3.21. The molecule has 0 saturated heterocycles. The van der Waals surface area contributed by atoms with Crippen LogP contribution in [0.2, 0.25) is 0 Å². The van der Waals surface area contributed by atoms with Gasteiger partial charge in [0.2, 0.25) is 0 Å². The van der Waals surface area contributed by atoms with E-state index in [0.29, 0.717) is 0 Å². The first kappa shape index (κ1) is 10.9. The fraction of sp³-hybridized carbons (Fsp3) is 0.750. The summed E-state index contributed by atoms with van der Waals surface area (Å²) in [5.41, 5.74) is -1.87. The van der Waals surface area contributed by atoms with Gasteiger partial charge in [0, 0.05) is 6.04 Å². The Balaban J connectivity index is 3.95. The second kappa shape index (κ2) is 4.05. The lowest BCUT2D eigenvalue weighted by Crippen LogP contribution is -2.43. The molecule has 68 valence electrons. The lowest BCUT2D eigenvalue weighted by Gasteiger charge is -2.17. The zero-order valence-electron chi connectivity index (χ0n) is 7.52. The molecular formula is C8H13FN2O. The van der Waals surface area contributed by atoms with E-state index in [1.807, 2.05) is 6.07 Å². The molecule has 0 aliphatic heterocycles. The molecule has 0 aromatic rings. The van der Waals surface area contributed by atoms with E-state index in [1.54, 1.807) is 6.92 Å². The lowest BCUT2D eigenvalue weighted by atomic mass is 10.1. The highest BCUT2D eigenvalue weighted by molar-refractivity contribution is 5.84. The molecule has 4 heteroatoms. The summed E-state index contributed by atoms with van der Waals surface area (Å²) in [6.07, 6.45) is 0.196. The van der Waals surface area contributed by atoms with Gasteiger partial charge in [-0.15, -0.1) is 0 Å². The molecule has 0 radical (unpaired) electrons. The molecule has 0 saturated carbocycles. The Morgan fingerprint density at radius 1 is 1.75 bits per heavy atom. The highest BCUT2D eigenvalue weighted by atomic mass is 19.1. The third-order valence-corrected chi connectivity index (χ3v) is 1.31. The smallest absolute Gasteiger partial charge is 0.257 e. The number of hydrogen-bond acceptors (Lipinski definition) is 2. The topological polar surface area (TPSA) is 52.9 Å². The van der Waals surface area contributed by atoms with Crippen molar-refractivity contribution in [1.82, 2.24) is 5.32 Å². The number of nitrogens with one attached hydrogen (secondary N) is 1. The van der Waals surface area contributed by atoms with E-state index in [9.17, 15) is 9.18 Å². The highest BCUT2D eigenvalue weighted by Crippen LogP contribution is 2.08. The number of halogens is 1. The minimum Gasteiger partial charge on any atom is -0.350 e. The third-order valence-electron chi connectivity index (χ3n) is 1.31. The summed E-state index contributed by atoms with van der Waals surface area (Å²) in [7, 11) is 0. The Hall–Kier alpha value is -1.11. The van der Waals surface area contributed by atoms with E-state index in [1.165, 1.54) is 13.8 Å². The highest BCUT2D eigenvalue weighted by Gasteiger charge is 2.27. The minimum atomic E-state index is -1.87. The zero-order valence-corrected chi connectivity index (χ0v) is 7.52. The molecule has 3 nitrogen and oxygen atoms in total. The van der Waals surface area contributed by atoms with Crippen molar-refractivity contribution in [1.29, 1.82) is 5.26 Å². The molecule has 0 fully saturated rings. The van der Waals surface area contributed by atoms with Crippen molar-refractivity contribution in [3.05, 3.63) is 0 Å². The molecule has 1 amide bonds.